The zero-order valence-electron chi connectivity index (χ0n) is 23.2. The summed E-state index contributed by atoms with van der Waals surface area (Å²) in [6.07, 6.45) is 0.0150. The third kappa shape index (κ3) is 9.18. The maximum atomic E-state index is 13.3. The maximum Gasteiger partial charge on any atom is 0.416 e. The Hall–Kier alpha value is -2.82. The second-order valence-electron chi connectivity index (χ2n) is 10.6. The van der Waals surface area contributed by atoms with E-state index >= 15 is 0 Å². The van der Waals surface area contributed by atoms with Crippen molar-refractivity contribution in [3.05, 3.63) is 29.3 Å². The topological polar surface area (TPSA) is 103 Å². The lowest BCUT2D eigenvalue weighted by atomic mass is 9.78. The number of hydrogen-bond acceptors (Lipinski definition) is 4. The maximum absolute atomic E-state index is 13.3. The summed E-state index contributed by atoms with van der Waals surface area (Å²) >= 11 is 0. The molecule has 8 nitrogen and oxygen atoms in total. The Balaban J connectivity index is 2.08. The number of nitrogens with one attached hydrogen (secondary N) is 4. The summed E-state index contributed by atoms with van der Waals surface area (Å²) in [6.45, 7) is 9.48. The average Bonchev–Trinajstić information content (AvgIpc) is 2.82. The molecule has 1 aliphatic rings. The predicted molar refractivity (Wildman–Crippen MR) is 142 cm³/mol. The van der Waals surface area contributed by atoms with E-state index in [1.807, 2.05) is 0 Å². The number of carbonyl (C=O) groups is 3. The van der Waals surface area contributed by atoms with Crippen LogP contribution in [0.2, 0.25) is 0 Å². The molecule has 0 heterocycles. The third-order valence-electron chi connectivity index (χ3n) is 7.02. The highest BCUT2D eigenvalue weighted by Crippen LogP contribution is 2.33. The minimum Gasteiger partial charge on any atom is -0.352 e. The van der Waals surface area contributed by atoms with Crippen LogP contribution in [0, 0.1) is 5.92 Å². The normalized spacial score (nSPS) is 19.9. The number of benzene rings is 1. The van der Waals surface area contributed by atoms with Gasteiger partial charge >= 0.3 is 12.2 Å². The highest BCUT2D eigenvalue weighted by atomic mass is 19.4. The zero-order chi connectivity index (χ0) is 28.6. The number of nitrogens with zero attached hydrogens (tertiary/aromatic N) is 1. The molecule has 0 unspecified atom stereocenters. The van der Waals surface area contributed by atoms with Crippen LogP contribution >= 0.6 is 0 Å². The molecule has 4 N–H and O–H groups in total. The lowest BCUT2D eigenvalue weighted by molar-refractivity contribution is -0.137. The first-order valence-electron chi connectivity index (χ1n) is 13.3. The number of rotatable bonds is 10. The van der Waals surface area contributed by atoms with Gasteiger partial charge in [-0.05, 0) is 84.5 Å². The molecular formula is C27H42F3N5O3. The van der Waals surface area contributed by atoms with Crippen molar-refractivity contribution >= 4 is 23.5 Å². The monoisotopic (exact) mass is 541 g/mol. The number of halogens is 3. The van der Waals surface area contributed by atoms with Crippen molar-refractivity contribution in [1.82, 2.24) is 20.9 Å². The number of urea groups is 1. The SMILES string of the molecule is CCC[C@H]1C[C@H](N(C)C(C)C)CC[C@@H]1NC(=O)CNC(=O)c1cc(C(F)(F)F)ccc1NC(=O)NC(C)C. The van der Waals surface area contributed by atoms with Crippen LogP contribution in [-0.2, 0) is 11.0 Å². The molecule has 0 aliphatic heterocycles. The van der Waals surface area contributed by atoms with Gasteiger partial charge in [-0.15, -0.1) is 0 Å². The van der Waals surface area contributed by atoms with Crippen LogP contribution in [-0.4, -0.2) is 60.5 Å². The quantitative estimate of drug-likeness (QED) is 0.343. The van der Waals surface area contributed by atoms with Crippen molar-refractivity contribution in [3.63, 3.8) is 0 Å². The smallest absolute Gasteiger partial charge is 0.352 e. The minimum absolute atomic E-state index is 0.0262. The summed E-state index contributed by atoms with van der Waals surface area (Å²) in [5.41, 5.74) is -1.51. The second kappa shape index (κ2) is 13.8. The summed E-state index contributed by atoms with van der Waals surface area (Å²) in [6, 6.07) is 2.45. The van der Waals surface area contributed by atoms with E-state index in [1.54, 1.807) is 13.8 Å². The van der Waals surface area contributed by atoms with Gasteiger partial charge in [0.25, 0.3) is 5.91 Å². The Morgan fingerprint density at radius 1 is 1.11 bits per heavy atom. The predicted octanol–water partition coefficient (Wildman–Crippen LogP) is 4.76. The molecule has 2 rings (SSSR count). The Bertz CT molecular complexity index is 968. The van der Waals surface area contributed by atoms with Gasteiger partial charge in [-0.3, -0.25) is 9.59 Å². The van der Waals surface area contributed by atoms with Crippen molar-refractivity contribution in [2.24, 2.45) is 5.92 Å². The van der Waals surface area contributed by atoms with E-state index in [2.05, 4.69) is 54.0 Å². The van der Waals surface area contributed by atoms with Crippen molar-refractivity contribution in [3.8, 4) is 0 Å². The van der Waals surface area contributed by atoms with Crippen molar-refractivity contribution < 1.29 is 27.6 Å². The van der Waals surface area contributed by atoms with Gasteiger partial charge in [0.1, 0.15) is 0 Å². The van der Waals surface area contributed by atoms with E-state index in [-0.39, 0.29) is 23.3 Å². The molecule has 0 saturated heterocycles. The van der Waals surface area contributed by atoms with Crippen LogP contribution < -0.4 is 21.3 Å². The average molecular weight is 542 g/mol. The standard InChI is InChI=1S/C27H42F3N5O3/c1-7-8-18-13-20(35(6)17(4)5)10-12-22(18)33-24(36)15-31-25(37)21-14-19(27(28,29)30)9-11-23(21)34-26(38)32-16(2)3/h9,11,14,16-18,20,22H,7-8,10,12-13,15H2,1-6H3,(H,31,37)(H,33,36)(H2,32,34,38)/t18-,20+,22-/m0/s1. The van der Waals surface area contributed by atoms with Crippen LogP contribution in [0.1, 0.15) is 82.6 Å². The zero-order valence-corrected chi connectivity index (χ0v) is 23.2. The molecule has 1 saturated carbocycles. The molecule has 4 amide bonds. The number of hydrogen-bond donors (Lipinski definition) is 4. The largest absolute Gasteiger partial charge is 0.416 e. The molecule has 1 aromatic carbocycles. The first kappa shape index (κ1) is 31.4. The second-order valence-corrected chi connectivity index (χ2v) is 10.6. The van der Waals surface area contributed by atoms with Gasteiger partial charge in [0.15, 0.2) is 0 Å². The first-order chi connectivity index (χ1) is 17.7. The van der Waals surface area contributed by atoms with Gasteiger partial charge in [0.2, 0.25) is 5.91 Å². The number of anilines is 1. The molecule has 1 aliphatic carbocycles. The van der Waals surface area contributed by atoms with E-state index in [4.69, 9.17) is 0 Å². The van der Waals surface area contributed by atoms with E-state index < -0.39 is 36.1 Å². The molecule has 38 heavy (non-hydrogen) atoms. The van der Waals surface area contributed by atoms with E-state index in [1.165, 1.54) is 0 Å². The van der Waals surface area contributed by atoms with E-state index in [9.17, 15) is 27.6 Å². The molecule has 214 valence electrons. The van der Waals surface area contributed by atoms with Crippen LogP contribution in [0.15, 0.2) is 18.2 Å². The number of alkyl halides is 3. The number of amides is 4. The fourth-order valence-electron chi connectivity index (χ4n) is 4.86. The van der Waals surface area contributed by atoms with Crippen LogP contribution in [0.25, 0.3) is 0 Å². The fraction of sp³-hybridized carbons (Fsp3) is 0.667. The molecule has 0 radical (unpaired) electrons. The summed E-state index contributed by atoms with van der Waals surface area (Å²) < 4.78 is 39.9. The Kier molecular flexibility index (Phi) is 11.4. The highest BCUT2D eigenvalue weighted by Gasteiger charge is 2.34. The first-order valence-corrected chi connectivity index (χ1v) is 13.3. The van der Waals surface area contributed by atoms with Crippen molar-refractivity contribution in [1.29, 1.82) is 0 Å². The van der Waals surface area contributed by atoms with Crippen molar-refractivity contribution in [2.75, 3.05) is 18.9 Å². The Morgan fingerprint density at radius 3 is 2.37 bits per heavy atom. The highest BCUT2D eigenvalue weighted by molar-refractivity contribution is 6.04. The molecular weight excluding hydrogens is 499 g/mol. The summed E-state index contributed by atoms with van der Waals surface area (Å²) in [5, 5.41) is 10.4. The van der Waals surface area contributed by atoms with E-state index in [0.717, 1.165) is 44.2 Å². The lowest BCUT2D eigenvalue weighted by Crippen LogP contribution is -2.51. The van der Waals surface area contributed by atoms with Gasteiger partial charge in [-0.2, -0.15) is 13.2 Å². The van der Waals surface area contributed by atoms with E-state index in [0.29, 0.717) is 24.1 Å². The molecule has 11 heteroatoms. The summed E-state index contributed by atoms with van der Waals surface area (Å²) in [7, 11) is 2.12. The summed E-state index contributed by atoms with van der Waals surface area (Å²) in [4.78, 5) is 40.1. The third-order valence-corrected chi connectivity index (χ3v) is 7.02. The van der Waals surface area contributed by atoms with Gasteiger partial charge in [0, 0.05) is 24.2 Å². The Morgan fingerprint density at radius 2 is 1.79 bits per heavy atom. The van der Waals surface area contributed by atoms with Gasteiger partial charge in [-0.25, -0.2) is 4.79 Å². The van der Waals surface area contributed by atoms with Crippen LogP contribution in [0.3, 0.4) is 0 Å². The molecule has 0 aromatic heterocycles. The number of carbonyl (C=O) groups excluding carboxylic acids is 3. The molecule has 3 atom stereocenters. The van der Waals surface area contributed by atoms with Crippen LogP contribution in [0.4, 0.5) is 23.7 Å². The van der Waals surface area contributed by atoms with Crippen molar-refractivity contribution in [2.45, 2.75) is 97.1 Å². The van der Waals surface area contributed by atoms with Gasteiger partial charge < -0.3 is 26.2 Å². The van der Waals surface area contributed by atoms with Crippen LogP contribution in [0.5, 0.6) is 0 Å². The molecule has 1 fully saturated rings. The molecule has 0 bridgehead atoms. The molecule has 0 spiro atoms. The summed E-state index contributed by atoms with van der Waals surface area (Å²) in [5.74, 6) is -0.990. The fourth-order valence-corrected chi connectivity index (χ4v) is 4.86. The molecule has 1 aromatic rings. The Labute approximate surface area is 223 Å². The lowest BCUT2D eigenvalue weighted by Gasteiger charge is -2.41. The van der Waals surface area contributed by atoms with Gasteiger partial charge in [-0.1, -0.05) is 13.3 Å². The van der Waals surface area contributed by atoms with Gasteiger partial charge in [0.05, 0.1) is 23.4 Å². The minimum atomic E-state index is -4.68.